The molecule has 0 aliphatic heterocycles. The van der Waals surface area contributed by atoms with Crippen LogP contribution in [-0.2, 0) is 4.79 Å². The Morgan fingerprint density at radius 3 is 2.84 bits per heavy atom. The summed E-state index contributed by atoms with van der Waals surface area (Å²) in [6, 6.07) is 7.25. The van der Waals surface area contributed by atoms with Gasteiger partial charge in [0, 0.05) is 10.7 Å². The fourth-order valence-corrected chi connectivity index (χ4v) is 3.21. The number of rotatable bonds is 3. The van der Waals surface area contributed by atoms with E-state index in [0.29, 0.717) is 17.4 Å². The van der Waals surface area contributed by atoms with Crippen LogP contribution in [0.4, 0.5) is 5.69 Å². The summed E-state index contributed by atoms with van der Waals surface area (Å²) in [5.74, 6) is -0.291. The molecule has 0 heterocycles. The van der Waals surface area contributed by atoms with Gasteiger partial charge in [0.1, 0.15) is 5.54 Å². The minimum atomic E-state index is -0.887. The van der Waals surface area contributed by atoms with Crippen LogP contribution in [0.15, 0.2) is 24.3 Å². The Hall–Kier alpha value is -1.22. The largest absolute Gasteiger partial charge is 0.479 e. The van der Waals surface area contributed by atoms with Gasteiger partial charge in [0.05, 0.1) is 0 Å². The Morgan fingerprint density at radius 2 is 2.21 bits per heavy atom. The first-order valence-corrected chi connectivity index (χ1v) is 7.10. The third-order valence-corrected chi connectivity index (χ3v) is 4.67. The lowest BCUT2D eigenvalue weighted by Crippen LogP contribution is -2.55. The highest BCUT2D eigenvalue weighted by atomic mass is 35.5. The second-order valence-corrected chi connectivity index (χ2v) is 6.01. The molecule has 1 aromatic rings. The molecule has 3 unspecified atom stereocenters. The Morgan fingerprint density at radius 1 is 1.47 bits per heavy atom. The molecule has 104 valence electrons. The number of carbonyl (C=O) groups is 1. The third-order valence-electron chi connectivity index (χ3n) is 4.44. The normalized spacial score (nSPS) is 30.9. The van der Waals surface area contributed by atoms with Crippen LogP contribution in [0.1, 0.15) is 33.1 Å². The van der Waals surface area contributed by atoms with Crippen molar-refractivity contribution in [3.63, 3.8) is 0 Å². The quantitative estimate of drug-likeness (QED) is 0.879. The van der Waals surface area contributed by atoms with Crippen molar-refractivity contribution in [2.24, 2.45) is 11.8 Å². The van der Waals surface area contributed by atoms with E-state index in [1.807, 2.05) is 19.1 Å². The van der Waals surface area contributed by atoms with E-state index in [1.165, 1.54) is 0 Å². The van der Waals surface area contributed by atoms with E-state index >= 15 is 0 Å². The average Bonchev–Trinajstić information content (AvgIpc) is 2.35. The number of halogens is 1. The number of aliphatic carboxylic acids is 1. The SMILES string of the molecule is CC1CCCC(Nc2cccc(Cl)c2)(C(=O)O)C1C. The van der Waals surface area contributed by atoms with E-state index in [9.17, 15) is 9.90 Å². The van der Waals surface area contributed by atoms with Gasteiger partial charge in [-0.3, -0.25) is 0 Å². The lowest BCUT2D eigenvalue weighted by Gasteiger charge is -2.43. The van der Waals surface area contributed by atoms with E-state index in [0.717, 1.165) is 18.5 Å². The molecule has 0 spiro atoms. The fraction of sp³-hybridized carbons (Fsp3) is 0.533. The van der Waals surface area contributed by atoms with Crippen LogP contribution < -0.4 is 5.32 Å². The molecule has 0 bridgehead atoms. The van der Waals surface area contributed by atoms with E-state index in [1.54, 1.807) is 12.1 Å². The fourth-order valence-electron chi connectivity index (χ4n) is 3.02. The zero-order valence-electron chi connectivity index (χ0n) is 11.3. The maximum absolute atomic E-state index is 11.8. The molecular weight excluding hydrogens is 262 g/mol. The van der Waals surface area contributed by atoms with Gasteiger partial charge < -0.3 is 10.4 Å². The first kappa shape index (κ1) is 14.2. The first-order valence-electron chi connectivity index (χ1n) is 6.73. The summed E-state index contributed by atoms with van der Waals surface area (Å²) in [5.41, 5.74) is -0.113. The van der Waals surface area contributed by atoms with Gasteiger partial charge in [-0.25, -0.2) is 4.79 Å². The number of hydrogen-bond donors (Lipinski definition) is 2. The molecule has 1 aliphatic rings. The number of carboxylic acids is 1. The van der Waals surface area contributed by atoms with Gasteiger partial charge in [0.25, 0.3) is 0 Å². The summed E-state index contributed by atoms with van der Waals surface area (Å²) in [7, 11) is 0. The van der Waals surface area contributed by atoms with Crippen molar-refractivity contribution in [3.05, 3.63) is 29.3 Å². The van der Waals surface area contributed by atoms with Crippen molar-refractivity contribution in [2.75, 3.05) is 5.32 Å². The smallest absolute Gasteiger partial charge is 0.329 e. The Labute approximate surface area is 119 Å². The van der Waals surface area contributed by atoms with Gasteiger partial charge in [-0.15, -0.1) is 0 Å². The van der Waals surface area contributed by atoms with Crippen LogP contribution in [0.2, 0.25) is 5.02 Å². The summed E-state index contributed by atoms with van der Waals surface area (Å²) in [6.45, 7) is 4.15. The molecule has 3 atom stereocenters. The van der Waals surface area contributed by atoms with E-state index in [-0.39, 0.29) is 5.92 Å². The van der Waals surface area contributed by atoms with Crippen LogP contribution in [0.3, 0.4) is 0 Å². The molecule has 2 rings (SSSR count). The van der Waals surface area contributed by atoms with Crippen molar-refractivity contribution in [1.29, 1.82) is 0 Å². The summed E-state index contributed by atoms with van der Waals surface area (Å²) >= 11 is 5.97. The second kappa shape index (κ2) is 5.41. The molecular formula is C15H20ClNO2. The zero-order valence-corrected chi connectivity index (χ0v) is 12.1. The highest BCUT2D eigenvalue weighted by Crippen LogP contribution is 2.40. The number of benzene rings is 1. The van der Waals surface area contributed by atoms with Crippen LogP contribution in [0, 0.1) is 11.8 Å². The maximum atomic E-state index is 11.8. The predicted molar refractivity (Wildman–Crippen MR) is 77.6 cm³/mol. The molecule has 1 saturated carbocycles. The molecule has 2 N–H and O–H groups in total. The number of hydrogen-bond acceptors (Lipinski definition) is 2. The molecule has 0 aromatic heterocycles. The second-order valence-electron chi connectivity index (χ2n) is 5.57. The number of anilines is 1. The molecule has 1 aliphatic carbocycles. The minimum absolute atomic E-state index is 0.0812. The Kier molecular flexibility index (Phi) is 4.04. The van der Waals surface area contributed by atoms with E-state index < -0.39 is 11.5 Å². The number of carboxylic acid groups (broad SMARTS) is 1. The van der Waals surface area contributed by atoms with Gasteiger partial charge in [-0.2, -0.15) is 0 Å². The Bertz CT molecular complexity index is 477. The van der Waals surface area contributed by atoms with Gasteiger partial charge in [-0.05, 0) is 36.5 Å². The van der Waals surface area contributed by atoms with Crippen molar-refractivity contribution >= 4 is 23.3 Å². The van der Waals surface area contributed by atoms with Crippen molar-refractivity contribution < 1.29 is 9.90 Å². The molecule has 0 saturated heterocycles. The monoisotopic (exact) mass is 281 g/mol. The summed E-state index contributed by atoms with van der Waals surface area (Å²) in [6.07, 6.45) is 2.68. The molecule has 3 nitrogen and oxygen atoms in total. The van der Waals surface area contributed by atoms with Gasteiger partial charge in [-0.1, -0.05) is 44.4 Å². The molecule has 1 fully saturated rings. The average molecular weight is 282 g/mol. The Balaban J connectivity index is 2.32. The minimum Gasteiger partial charge on any atom is -0.479 e. The maximum Gasteiger partial charge on any atom is 0.329 e. The molecule has 0 amide bonds. The lowest BCUT2D eigenvalue weighted by molar-refractivity contribution is -0.146. The van der Waals surface area contributed by atoms with Crippen LogP contribution >= 0.6 is 11.6 Å². The summed E-state index contributed by atoms with van der Waals surface area (Å²) in [5, 5.41) is 13.6. The molecule has 1 aromatic carbocycles. The van der Waals surface area contributed by atoms with E-state index in [4.69, 9.17) is 11.6 Å². The highest BCUT2D eigenvalue weighted by Gasteiger charge is 2.47. The van der Waals surface area contributed by atoms with Crippen molar-refractivity contribution in [2.45, 2.75) is 38.6 Å². The summed E-state index contributed by atoms with van der Waals surface area (Å²) < 4.78 is 0. The van der Waals surface area contributed by atoms with Crippen molar-refractivity contribution in [1.82, 2.24) is 0 Å². The van der Waals surface area contributed by atoms with Crippen LogP contribution in [-0.4, -0.2) is 16.6 Å². The highest BCUT2D eigenvalue weighted by molar-refractivity contribution is 6.30. The lowest BCUT2D eigenvalue weighted by atomic mass is 9.68. The molecule has 0 radical (unpaired) electrons. The van der Waals surface area contributed by atoms with E-state index in [2.05, 4.69) is 12.2 Å². The topological polar surface area (TPSA) is 49.3 Å². The van der Waals surface area contributed by atoms with Crippen LogP contribution in [0.25, 0.3) is 0 Å². The van der Waals surface area contributed by atoms with Gasteiger partial charge in [0.15, 0.2) is 0 Å². The summed E-state index contributed by atoms with van der Waals surface area (Å²) in [4.78, 5) is 11.8. The molecule has 19 heavy (non-hydrogen) atoms. The molecule has 4 heteroatoms. The predicted octanol–water partition coefficient (Wildman–Crippen LogP) is 4.03. The van der Waals surface area contributed by atoms with Crippen LogP contribution in [0.5, 0.6) is 0 Å². The first-order chi connectivity index (χ1) is 8.95. The van der Waals surface area contributed by atoms with Gasteiger partial charge >= 0.3 is 5.97 Å². The third kappa shape index (κ3) is 2.71. The number of nitrogens with one attached hydrogen (secondary N) is 1. The zero-order chi connectivity index (χ0) is 14.0. The van der Waals surface area contributed by atoms with Gasteiger partial charge in [0.2, 0.25) is 0 Å². The van der Waals surface area contributed by atoms with Crippen molar-refractivity contribution in [3.8, 4) is 0 Å². The standard InChI is InChI=1S/C15H20ClNO2/c1-10-5-4-8-15(11(10)2,14(18)19)17-13-7-3-6-12(16)9-13/h3,6-7,9-11,17H,4-5,8H2,1-2H3,(H,18,19).